The number of ether oxygens (including phenoxy) is 1. The molecule has 0 aliphatic carbocycles. The summed E-state index contributed by atoms with van der Waals surface area (Å²) < 4.78 is 5.30. The van der Waals surface area contributed by atoms with Crippen molar-refractivity contribution in [3.8, 4) is 0 Å². The first-order chi connectivity index (χ1) is 9.47. The molecule has 1 amide bonds. The summed E-state index contributed by atoms with van der Waals surface area (Å²) in [4.78, 5) is 23.3. The SMILES string of the molecule is CC(C)C[C@H](NC(=O)c1ccc2c(c1)COC2)C(=O)O. The highest BCUT2D eigenvalue weighted by atomic mass is 16.5. The van der Waals surface area contributed by atoms with Gasteiger partial charge in [0, 0.05) is 5.56 Å². The van der Waals surface area contributed by atoms with Crippen LogP contribution in [-0.4, -0.2) is 23.0 Å². The van der Waals surface area contributed by atoms with Crippen molar-refractivity contribution < 1.29 is 19.4 Å². The van der Waals surface area contributed by atoms with Crippen molar-refractivity contribution in [1.82, 2.24) is 5.32 Å². The van der Waals surface area contributed by atoms with Crippen LogP contribution >= 0.6 is 0 Å². The van der Waals surface area contributed by atoms with Gasteiger partial charge in [0.05, 0.1) is 13.2 Å². The molecule has 0 bridgehead atoms. The minimum Gasteiger partial charge on any atom is -0.480 e. The third-order valence-corrected chi connectivity index (χ3v) is 3.29. The number of fused-ring (bicyclic) bond motifs is 1. The standard InChI is InChI=1S/C15H19NO4/c1-9(2)5-13(15(18)19)16-14(17)10-3-4-11-7-20-8-12(11)6-10/h3-4,6,9,13H,5,7-8H2,1-2H3,(H,16,17)(H,18,19)/t13-/m0/s1. The molecule has 0 fully saturated rings. The molecule has 0 radical (unpaired) electrons. The van der Waals surface area contributed by atoms with E-state index in [1.54, 1.807) is 12.1 Å². The van der Waals surface area contributed by atoms with Gasteiger partial charge in [-0.3, -0.25) is 4.79 Å². The Hall–Kier alpha value is -1.88. The zero-order chi connectivity index (χ0) is 14.7. The molecule has 0 saturated carbocycles. The summed E-state index contributed by atoms with van der Waals surface area (Å²) >= 11 is 0. The van der Waals surface area contributed by atoms with Gasteiger partial charge in [-0.15, -0.1) is 0 Å². The molecule has 1 atom stereocenters. The van der Waals surface area contributed by atoms with Gasteiger partial charge in [-0.1, -0.05) is 19.9 Å². The fraction of sp³-hybridized carbons (Fsp3) is 0.467. The smallest absolute Gasteiger partial charge is 0.326 e. The van der Waals surface area contributed by atoms with Gasteiger partial charge in [0.25, 0.3) is 5.91 Å². The largest absolute Gasteiger partial charge is 0.480 e. The van der Waals surface area contributed by atoms with E-state index in [4.69, 9.17) is 9.84 Å². The zero-order valence-corrected chi connectivity index (χ0v) is 11.7. The summed E-state index contributed by atoms with van der Waals surface area (Å²) in [6.45, 7) is 4.93. The predicted octanol–water partition coefficient (Wildman–Crippen LogP) is 1.95. The van der Waals surface area contributed by atoms with Crippen LogP contribution in [0.3, 0.4) is 0 Å². The highest BCUT2D eigenvalue weighted by molar-refractivity contribution is 5.96. The number of hydrogen-bond acceptors (Lipinski definition) is 3. The van der Waals surface area contributed by atoms with E-state index in [-0.39, 0.29) is 11.8 Å². The minimum absolute atomic E-state index is 0.199. The molecular formula is C15H19NO4. The Morgan fingerprint density at radius 3 is 2.65 bits per heavy atom. The van der Waals surface area contributed by atoms with Gasteiger partial charge in [-0.2, -0.15) is 0 Å². The lowest BCUT2D eigenvalue weighted by Crippen LogP contribution is -2.41. The third kappa shape index (κ3) is 3.36. The molecule has 1 aliphatic rings. The minimum atomic E-state index is -1.00. The lowest BCUT2D eigenvalue weighted by Gasteiger charge is -2.16. The average molecular weight is 277 g/mol. The summed E-state index contributed by atoms with van der Waals surface area (Å²) in [5, 5.41) is 11.7. The predicted molar refractivity (Wildman–Crippen MR) is 73.3 cm³/mol. The Morgan fingerprint density at radius 1 is 1.30 bits per heavy atom. The van der Waals surface area contributed by atoms with Crippen molar-refractivity contribution in [3.05, 3.63) is 34.9 Å². The summed E-state index contributed by atoms with van der Waals surface area (Å²) in [5.74, 6) is -1.16. The van der Waals surface area contributed by atoms with Crippen LogP contribution in [-0.2, 0) is 22.7 Å². The fourth-order valence-corrected chi connectivity index (χ4v) is 2.25. The van der Waals surface area contributed by atoms with Gasteiger partial charge < -0.3 is 15.2 Å². The molecule has 1 aliphatic heterocycles. The van der Waals surface area contributed by atoms with Crippen LogP contribution in [0.4, 0.5) is 0 Å². The summed E-state index contributed by atoms with van der Waals surface area (Å²) in [6, 6.07) is 4.48. The lowest BCUT2D eigenvalue weighted by molar-refractivity contribution is -0.139. The maximum absolute atomic E-state index is 12.1. The molecule has 0 spiro atoms. The van der Waals surface area contributed by atoms with Crippen molar-refractivity contribution >= 4 is 11.9 Å². The number of carboxylic acid groups (broad SMARTS) is 1. The number of carbonyl (C=O) groups excluding carboxylic acids is 1. The molecule has 20 heavy (non-hydrogen) atoms. The van der Waals surface area contributed by atoms with Gasteiger partial charge in [-0.05, 0) is 35.6 Å². The Bertz CT molecular complexity index is 525. The van der Waals surface area contributed by atoms with E-state index in [1.165, 1.54) is 0 Å². The van der Waals surface area contributed by atoms with E-state index in [1.807, 2.05) is 19.9 Å². The first kappa shape index (κ1) is 14.5. The normalized spacial score (nSPS) is 14.9. The first-order valence-corrected chi connectivity index (χ1v) is 6.70. The van der Waals surface area contributed by atoms with Gasteiger partial charge in [0.2, 0.25) is 0 Å². The van der Waals surface area contributed by atoms with E-state index in [2.05, 4.69) is 5.32 Å². The molecule has 0 unspecified atom stereocenters. The molecule has 0 aromatic heterocycles. The second kappa shape index (κ2) is 6.05. The summed E-state index contributed by atoms with van der Waals surface area (Å²) in [6.07, 6.45) is 0.412. The molecular weight excluding hydrogens is 258 g/mol. The second-order valence-electron chi connectivity index (χ2n) is 5.47. The molecule has 1 aromatic carbocycles. The number of benzene rings is 1. The van der Waals surface area contributed by atoms with Crippen molar-refractivity contribution in [2.24, 2.45) is 5.92 Å². The third-order valence-electron chi connectivity index (χ3n) is 3.29. The van der Waals surface area contributed by atoms with Crippen LogP contribution in [0, 0.1) is 5.92 Å². The van der Waals surface area contributed by atoms with Crippen LogP contribution in [0.5, 0.6) is 0 Å². The van der Waals surface area contributed by atoms with Crippen molar-refractivity contribution in [2.45, 2.75) is 39.5 Å². The van der Waals surface area contributed by atoms with E-state index in [9.17, 15) is 9.59 Å². The number of carboxylic acids is 1. The zero-order valence-electron chi connectivity index (χ0n) is 11.7. The van der Waals surface area contributed by atoms with E-state index in [0.717, 1.165) is 11.1 Å². The molecule has 1 heterocycles. The van der Waals surface area contributed by atoms with Crippen molar-refractivity contribution in [3.63, 3.8) is 0 Å². The highest BCUT2D eigenvalue weighted by Gasteiger charge is 2.22. The van der Waals surface area contributed by atoms with Gasteiger partial charge in [0.15, 0.2) is 0 Å². The number of carbonyl (C=O) groups is 2. The summed E-state index contributed by atoms with van der Waals surface area (Å²) in [5.41, 5.74) is 2.55. The average Bonchev–Trinajstić information content (AvgIpc) is 2.84. The number of hydrogen-bond donors (Lipinski definition) is 2. The number of rotatable bonds is 5. The number of nitrogens with one attached hydrogen (secondary N) is 1. The lowest BCUT2D eigenvalue weighted by atomic mass is 10.0. The van der Waals surface area contributed by atoms with Gasteiger partial charge in [0.1, 0.15) is 6.04 Å². The molecule has 2 rings (SSSR count). The molecule has 0 saturated heterocycles. The quantitative estimate of drug-likeness (QED) is 0.862. The Kier molecular flexibility index (Phi) is 4.39. The van der Waals surface area contributed by atoms with Crippen LogP contribution in [0.1, 0.15) is 41.8 Å². The molecule has 108 valence electrons. The van der Waals surface area contributed by atoms with Crippen molar-refractivity contribution in [2.75, 3.05) is 0 Å². The van der Waals surface area contributed by atoms with Gasteiger partial charge in [-0.25, -0.2) is 4.79 Å². The second-order valence-corrected chi connectivity index (χ2v) is 5.47. The van der Waals surface area contributed by atoms with Crippen LogP contribution in [0.25, 0.3) is 0 Å². The molecule has 1 aromatic rings. The van der Waals surface area contributed by atoms with E-state index < -0.39 is 12.0 Å². The van der Waals surface area contributed by atoms with Crippen LogP contribution < -0.4 is 5.32 Å². The number of aliphatic carboxylic acids is 1. The Balaban J connectivity index is 2.08. The van der Waals surface area contributed by atoms with Gasteiger partial charge >= 0.3 is 5.97 Å². The fourth-order valence-electron chi connectivity index (χ4n) is 2.25. The highest BCUT2D eigenvalue weighted by Crippen LogP contribution is 2.21. The molecule has 5 nitrogen and oxygen atoms in total. The van der Waals surface area contributed by atoms with E-state index in [0.29, 0.717) is 25.2 Å². The van der Waals surface area contributed by atoms with Crippen LogP contribution in [0.15, 0.2) is 18.2 Å². The Morgan fingerprint density at radius 2 is 2.00 bits per heavy atom. The van der Waals surface area contributed by atoms with Crippen LogP contribution in [0.2, 0.25) is 0 Å². The topological polar surface area (TPSA) is 75.6 Å². The first-order valence-electron chi connectivity index (χ1n) is 6.70. The maximum atomic E-state index is 12.1. The Labute approximate surface area is 117 Å². The van der Waals surface area contributed by atoms with E-state index >= 15 is 0 Å². The monoisotopic (exact) mass is 277 g/mol. The number of amides is 1. The van der Waals surface area contributed by atoms with Crippen molar-refractivity contribution in [1.29, 1.82) is 0 Å². The summed E-state index contributed by atoms with van der Waals surface area (Å²) in [7, 11) is 0. The molecule has 2 N–H and O–H groups in total. The molecule has 5 heteroatoms. The maximum Gasteiger partial charge on any atom is 0.326 e.